The van der Waals surface area contributed by atoms with Gasteiger partial charge in [0.05, 0.1) is 0 Å². The number of nitrogen functional groups attached to an aromatic ring is 1. The maximum Gasteiger partial charge on any atom is 0.0359 e. The van der Waals surface area contributed by atoms with Gasteiger partial charge < -0.3 is 5.73 Å². The molecule has 2 rings (SSSR count). The summed E-state index contributed by atoms with van der Waals surface area (Å²) in [5.41, 5.74) is 9.53. The van der Waals surface area contributed by atoms with Crippen LogP contribution < -0.4 is 5.73 Å². The molecule has 0 bridgehead atoms. The third-order valence-corrected chi connectivity index (χ3v) is 3.83. The van der Waals surface area contributed by atoms with E-state index in [0.717, 1.165) is 25.3 Å². The largest absolute Gasteiger partial charge is 0.398 e. The van der Waals surface area contributed by atoms with Gasteiger partial charge in [-0.1, -0.05) is 17.7 Å². The predicted molar refractivity (Wildman–Crippen MR) is 77.6 cm³/mol. The van der Waals surface area contributed by atoms with Gasteiger partial charge in [-0.3, -0.25) is 9.80 Å². The molecule has 2 N–H and O–H groups in total. The molecular weight excluding hydrogens is 222 g/mol. The predicted octanol–water partition coefficient (Wildman–Crippen LogP) is 2.10. The SMILES string of the molecule is Cc1ccc(N)c(CN2CCN(C(C)C)CC2)c1. The van der Waals surface area contributed by atoms with Crippen LogP contribution in [-0.2, 0) is 6.54 Å². The average Bonchev–Trinajstić information content (AvgIpc) is 2.34. The van der Waals surface area contributed by atoms with Crippen molar-refractivity contribution in [2.75, 3.05) is 31.9 Å². The number of anilines is 1. The summed E-state index contributed by atoms with van der Waals surface area (Å²) in [4.78, 5) is 5.04. The van der Waals surface area contributed by atoms with Crippen LogP contribution >= 0.6 is 0 Å². The molecule has 1 fully saturated rings. The van der Waals surface area contributed by atoms with Gasteiger partial charge in [-0.15, -0.1) is 0 Å². The van der Waals surface area contributed by atoms with Gasteiger partial charge in [0.1, 0.15) is 0 Å². The van der Waals surface area contributed by atoms with E-state index in [1.807, 2.05) is 6.07 Å². The summed E-state index contributed by atoms with van der Waals surface area (Å²) in [7, 11) is 0. The van der Waals surface area contributed by atoms with Crippen LogP contribution in [0.1, 0.15) is 25.0 Å². The number of hydrogen-bond acceptors (Lipinski definition) is 3. The smallest absolute Gasteiger partial charge is 0.0359 e. The average molecular weight is 247 g/mol. The van der Waals surface area contributed by atoms with E-state index in [0.29, 0.717) is 6.04 Å². The Kier molecular flexibility index (Phi) is 4.25. The van der Waals surface area contributed by atoms with Gasteiger partial charge in [0.2, 0.25) is 0 Å². The van der Waals surface area contributed by atoms with Gasteiger partial charge >= 0.3 is 0 Å². The lowest BCUT2D eigenvalue weighted by Crippen LogP contribution is -2.48. The maximum absolute atomic E-state index is 6.05. The molecule has 0 atom stereocenters. The molecule has 3 nitrogen and oxygen atoms in total. The van der Waals surface area contributed by atoms with Gasteiger partial charge in [-0.25, -0.2) is 0 Å². The Balaban J connectivity index is 1.93. The second-order valence-electron chi connectivity index (χ2n) is 5.61. The molecule has 0 unspecified atom stereocenters. The van der Waals surface area contributed by atoms with E-state index in [-0.39, 0.29) is 0 Å². The molecule has 1 aromatic carbocycles. The number of hydrogen-bond donors (Lipinski definition) is 1. The van der Waals surface area contributed by atoms with Crippen molar-refractivity contribution >= 4 is 5.69 Å². The van der Waals surface area contributed by atoms with Gasteiger partial charge in [0.15, 0.2) is 0 Å². The van der Waals surface area contributed by atoms with E-state index in [9.17, 15) is 0 Å². The minimum atomic E-state index is 0.663. The minimum absolute atomic E-state index is 0.663. The molecule has 18 heavy (non-hydrogen) atoms. The number of benzene rings is 1. The summed E-state index contributed by atoms with van der Waals surface area (Å²) in [6, 6.07) is 6.98. The van der Waals surface area contributed by atoms with Gasteiger partial charge in [-0.05, 0) is 32.4 Å². The van der Waals surface area contributed by atoms with Crippen LogP contribution in [0.15, 0.2) is 18.2 Å². The van der Waals surface area contributed by atoms with Gasteiger partial charge in [0.25, 0.3) is 0 Å². The van der Waals surface area contributed by atoms with Crippen LogP contribution in [0.2, 0.25) is 0 Å². The lowest BCUT2D eigenvalue weighted by atomic mass is 10.1. The lowest BCUT2D eigenvalue weighted by molar-refractivity contribution is 0.104. The van der Waals surface area contributed by atoms with Crippen LogP contribution in [0.25, 0.3) is 0 Å². The molecule has 0 aliphatic carbocycles. The standard InChI is InChI=1S/C15H25N3/c1-12(2)18-8-6-17(7-9-18)11-14-10-13(3)4-5-15(14)16/h4-5,10,12H,6-9,11,16H2,1-3H3. The van der Waals surface area contributed by atoms with Crippen molar-refractivity contribution in [1.82, 2.24) is 9.80 Å². The van der Waals surface area contributed by atoms with E-state index in [4.69, 9.17) is 5.73 Å². The van der Waals surface area contributed by atoms with Gasteiger partial charge in [-0.2, -0.15) is 0 Å². The maximum atomic E-state index is 6.05. The number of aryl methyl sites for hydroxylation is 1. The van der Waals surface area contributed by atoms with Crippen LogP contribution in [0.4, 0.5) is 5.69 Å². The van der Waals surface area contributed by atoms with Crippen molar-refractivity contribution in [3.8, 4) is 0 Å². The zero-order valence-corrected chi connectivity index (χ0v) is 11.8. The summed E-state index contributed by atoms with van der Waals surface area (Å²) in [5, 5.41) is 0. The Morgan fingerprint density at radius 1 is 1.17 bits per heavy atom. The molecule has 0 radical (unpaired) electrons. The van der Waals surface area contributed by atoms with E-state index in [1.54, 1.807) is 0 Å². The quantitative estimate of drug-likeness (QED) is 0.830. The highest BCUT2D eigenvalue weighted by atomic mass is 15.3. The summed E-state index contributed by atoms with van der Waals surface area (Å²) in [5.74, 6) is 0. The molecule has 0 aromatic heterocycles. The van der Waals surface area contributed by atoms with Gasteiger partial charge in [0, 0.05) is 44.5 Å². The lowest BCUT2D eigenvalue weighted by Gasteiger charge is -2.37. The molecule has 1 saturated heterocycles. The van der Waals surface area contributed by atoms with E-state index < -0.39 is 0 Å². The first-order valence-electron chi connectivity index (χ1n) is 6.87. The molecule has 1 aromatic rings. The van der Waals surface area contributed by atoms with Crippen LogP contribution in [0.3, 0.4) is 0 Å². The molecule has 0 spiro atoms. The highest BCUT2D eigenvalue weighted by Gasteiger charge is 2.19. The van der Waals surface area contributed by atoms with Crippen molar-refractivity contribution in [3.05, 3.63) is 29.3 Å². The number of nitrogens with zero attached hydrogens (tertiary/aromatic N) is 2. The summed E-state index contributed by atoms with van der Waals surface area (Å²) >= 11 is 0. The van der Waals surface area contributed by atoms with Crippen LogP contribution in [0, 0.1) is 6.92 Å². The fraction of sp³-hybridized carbons (Fsp3) is 0.600. The van der Waals surface area contributed by atoms with Crippen molar-refractivity contribution < 1.29 is 0 Å². The Labute approximate surface area is 111 Å². The summed E-state index contributed by atoms with van der Waals surface area (Å²) in [6.45, 7) is 12.3. The molecule has 0 amide bonds. The third-order valence-electron chi connectivity index (χ3n) is 3.83. The molecule has 1 aliphatic heterocycles. The Morgan fingerprint density at radius 3 is 2.44 bits per heavy atom. The molecule has 1 aliphatic rings. The second-order valence-corrected chi connectivity index (χ2v) is 5.61. The first-order chi connectivity index (χ1) is 8.56. The molecule has 0 saturated carbocycles. The van der Waals surface area contributed by atoms with Crippen LogP contribution in [-0.4, -0.2) is 42.0 Å². The first kappa shape index (κ1) is 13.4. The van der Waals surface area contributed by atoms with Crippen molar-refractivity contribution in [1.29, 1.82) is 0 Å². The fourth-order valence-electron chi connectivity index (χ4n) is 2.55. The second kappa shape index (κ2) is 5.72. The van der Waals surface area contributed by atoms with Crippen molar-refractivity contribution in [3.63, 3.8) is 0 Å². The highest BCUT2D eigenvalue weighted by Crippen LogP contribution is 2.17. The number of nitrogens with two attached hydrogens (primary N) is 1. The molecule has 100 valence electrons. The normalized spacial score (nSPS) is 18.4. The van der Waals surface area contributed by atoms with E-state index in [1.165, 1.54) is 24.2 Å². The molecular formula is C15H25N3. The molecule has 1 heterocycles. The van der Waals surface area contributed by atoms with Crippen molar-refractivity contribution in [2.24, 2.45) is 0 Å². The van der Waals surface area contributed by atoms with Crippen LogP contribution in [0.5, 0.6) is 0 Å². The Bertz CT molecular complexity index is 393. The minimum Gasteiger partial charge on any atom is -0.398 e. The molecule has 3 heteroatoms. The fourth-order valence-corrected chi connectivity index (χ4v) is 2.55. The summed E-state index contributed by atoms with van der Waals surface area (Å²) < 4.78 is 0. The van der Waals surface area contributed by atoms with E-state index >= 15 is 0 Å². The van der Waals surface area contributed by atoms with E-state index in [2.05, 4.69) is 42.7 Å². The van der Waals surface area contributed by atoms with Crippen molar-refractivity contribution in [2.45, 2.75) is 33.4 Å². The zero-order valence-electron chi connectivity index (χ0n) is 11.8. The Hall–Kier alpha value is -1.06. The summed E-state index contributed by atoms with van der Waals surface area (Å²) in [6.07, 6.45) is 0. The monoisotopic (exact) mass is 247 g/mol. The zero-order chi connectivity index (χ0) is 13.1. The number of rotatable bonds is 3. The topological polar surface area (TPSA) is 32.5 Å². The third kappa shape index (κ3) is 3.24. The highest BCUT2D eigenvalue weighted by molar-refractivity contribution is 5.48. The first-order valence-corrected chi connectivity index (χ1v) is 6.87. The Morgan fingerprint density at radius 2 is 1.83 bits per heavy atom. The number of piperazine rings is 1.